The number of hydrogen-bond donors (Lipinski definition) is 1. The van der Waals surface area contributed by atoms with Crippen LogP contribution in [0.4, 0.5) is 5.69 Å². The fourth-order valence-corrected chi connectivity index (χ4v) is 3.72. The van der Waals surface area contributed by atoms with Gasteiger partial charge in [-0.3, -0.25) is 14.2 Å². The third-order valence-corrected chi connectivity index (χ3v) is 5.14. The van der Waals surface area contributed by atoms with E-state index in [9.17, 15) is 14.9 Å². The van der Waals surface area contributed by atoms with Gasteiger partial charge in [0.1, 0.15) is 17.3 Å². The summed E-state index contributed by atoms with van der Waals surface area (Å²) in [7, 11) is 0. The van der Waals surface area contributed by atoms with E-state index in [1.807, 2.05) is 11.0 Å². The van der Waals surface area contributed by atoms with Crippen molar-refractivity contribution in [3.8, 4) is 6.07 Å². The molecule has 1 amide bonds. The predicted molar refractivity (Wildman–Crippen MR) is 117 cm³/mol. The Morgan fingerprint density at radius 1 is 1.31 bits per heavy atom. The Morgan fingerprint density at radius 3 is 2.66 bits per heavy atom. The zero-order valence-corrected chi connectivity index (χ0v) is 16.8. The number of rotatable bonds is 5. The normalized spacial score (nSPS) is 14.6. The summed E-state index contributed by atoms with van der Waals surface area (Å²) < 4.78 is 1.46. The first kappa shape index (κ1) is 20.4. The van der Waals surface area contributed by atoms with Crippen molar-refractivity contribution in [3.05, 3.63) is 70.5 Å². The van der Waals surface area contributed by atoms with E-state index in [1.54, 1.807) is 29.3 Å². The standard InChI is InChI=1S/C21H21N5O2S/c1-3-6-17(29)21(28)25-12-10-24(11-13-25)18-15-7-5-8-23-19(15)26(9-4-2)20(27)16(18)14-22/h3-8,29H,1-2,9-13H2/b17-6-. The summed E-state index contributed by atoms with van der Waals surface area (Å²) in [6.07, 6.45) is 6.30. The van der Waals surface area contributed by atoms with Gasteiger partial charge < -0.3 is 9.80 Å². The summed E-state index contributed by atoms with van der Waals surface area (Å²) in [5.74, 6) is -0.165. The third-order valence-electron chi connectivity index (χ3n) is 4.79. The van der Waals surface area contributed by atoms with E-state index in [1.165, 1.54) is 10.6 Å². The summed E-state index contributed by atoms with van der Waals surface area (Å²) in [4.78, 5) is 33.7. The van der Waals surface area contributed by atoms with Crippen LogP contribution in [0.3, 0.4) is 0 Å². The summed E-state index contributed by atoms with van der Waals surface area (Å²) in [6, 6.07) is 5.71. The first-order chi connectivity index (χ1) is 14.0. The number of nitrogens with zero attached hydrogens (tertiary/aromatic N) is 5. The monoisotopic (exact) mass is 407 g/mol. The molecule has 8 heteroatoms. The van der Waals surface area contributed by atoms with E-state index in [0.717, 1.165) is 5.39 Å². The van der Waals surface area contributed by atoms with Crippen molar-refractivity contribution in [2.75, 3.05) is 31.1 Å². The molecular formula is C21H21N5O2S. The van der Waals surface area contributed by atoms with Gasteiger partial charge in [0.25, 0.3) is 11.5 Å². The number of anilines is 1. The minimum Gasteiger partial charge on any atom is -0.366 e. The van der Waals surface area contributed by atoms with Crippen molar-refractivity contribution in [2.24, 2.45) is 0 Å². The number of carbonyl (C=O) groups is 1. The lowest BCUT2D eigenvalue weighted by Crippen LogP contribution is -2.49. The molecule has 1 aliphatic heterocycles. The molecule has 0 bridgehead atoms. The maximum atomic E-state index is 12.9. The van der Waals surface area contributed by atoms with Crippen LogP contribution in [0.25, 0.3) is 11.0 Å². The van der Waals surface area contributed by atoms with Gasteiger partial charge in [0.2, 0.25) is 0 Å². The highest BCUT2D eigenvalue weighted by Gasteiger charge is 2.27. The molecule has 2 aromatic heterocycles. The van der Waals surface area contributed by atoms with E-state index >= 15 is 0 Å². The van der Waals surface area contributed by atoms with E-state index < -0.39 is 5.56 Å². The van der Waals surface area contributed by atoms with E-state index in [4.69, 9.17) is 0 Å². The molecule has 0 unspecified atom stereocenters. The molecule has 1 fully saturated rings. The second kappa shape index (κ2) is 8.80. The number of piperazine rings is 1. The van der Waals surface area contributed by atoms with Crippen LogP contribution in [-0.2, 0) is 11.3 Å². The van der Waals surface area contributed by atoms with Gasteiger partial charge in [0, 0.05) is 44.3 Å². The molecule has 2 aromatic rings. The molecule has 3 heterocycles. The van der Waals surface area contributed by atoms with Crippen molar-refractivity contribution in [2.45, 2.75) is 6.54 Å². The molecule has 29 heavy (non-hydrogen) atoms. The SMILES string of the molecule is C=C/C=C(\S)C(=O)N1CCN(c2c(C#N)c(=O)n(CC=C)c3ncccc23)CC1. The van der Waals surface area contributed by atoms with Crippen molar-refractivity contribution in [3.63, 3.8) is 0 Å². The summed E-state index contributed by atoms with van der Waals surface area (Å²) in [5, 5.41) is 10.5. The van der Waals surface area contributed by atoms with Crippen LogP contribution >= 0.6 is 12.6 Å². The quantitative estimate of drug-likeness (QED) is 0.355. The number of hydrogen-bond acceptors (Lipinski definition) is 6. The smallest absolute Gasteiger partial charge is 0.272 e. The van der Waals surface area contributed by atoms with Crippen LogP contribution in [0.5, 0.6) is 0 Å². The van der Waals surface area contributed by atoms with Crippen molar-refractivity contribution >= 4 is 35.3 Å². The molecule has 1 aliphatic rings. The van der Waals surface area contributed by atoms with Gasteiger partial charge in [-0.15, -0.1) is 19.2 Å². The highest BCUT2D eigenvalue weighted by Crippen LogP contribution is 2.28. The van der Waals surface area contributed by atoms with E-state index in [0.29, 0.717) is 42.4 Å². The van der Waals surface area contributed by atoms with Gasteiger partial charge in [0.05, 0.1) is 10.6 Å². The number of carbonyl (C=O) groups excluding carboxylic acids is 1. The predicted octanol–water partition coefficient (Wildman–Crippen LogP) is 2.10. The van der Waals surface area contributed by atoms with Crippen molar-refractivity contribution < 1.29 is 4.79 Å². The number of aromatic nitrogens is 2. The molecule has 0 N–H and O–H groups in total. The number of amides is 1. The van der Waals surface area contributed by atoms with Crippen LogP contribution < -0.4 is 10.5 Å². The van der Waals surface area contributed by atoms with Gasteiger partial charge in [0.15, 0.2) is 0 Å². The Balaban J connectivity index is 2.01. The largest absolute Gasteiger partial charge is 0.366 e. The number of nitriles is 1. The number of fused-ring (bicyclic) bond motifs is 1. The lowest BCUT2D eigenvalue weighted by Gasteiger charge is -2.37. The van der Waals surface area contributed by atoms with Crippen LogP contribution in [0, 0.1) is 11.3 Å². The Morgan fingerprint density at radius 2 is 2.03 bits per heavy atom. The first-order valence-corrected chi connectivity index (χ1v) is 9.56. The number of allylic oxidation sites excluding steroid dienone is 3. The molecule has 0 saturated carbocycles. The molecule has 0 aliphatic carbocycles. The molecule has 0 spiro atoms. The molecule has 0 atom stereocenters. The van der Waals surface area contributed by atoms with Crippen LogP contribution in [0.1, 0.15) is 5.56 Å². The highest BCUT2D eigenvalue weighted by molar-refractivity contribution is 7.85. The topological polar surface area (TPSA) is 82.2 Å². The zero-order valence-electron chi connectivity index (χ0n) is 15.9. The van der Waals surface area contributed by atoms with Gasteiger partial charge in [-0.1, -0.05) is 18.7 Å². The van der Waals surface area contributed by atoms with Crippen LogP contribution in [0.15, 0.2) is 59.4 Å². The average Bonchev–Trinajstić information content (AvgIpc) is 2.75. The van der Waals surface area contributed by atoms with Crippen LogP contribution in [0.2, 0.25) is 0 Å². The molecule has 1 saturated heterocycles. The summed E-state index contributed by atoms with van der Waals surface area (Å²) in [5.41, 5.74) is 0.768. The number of pyridine rings is 2. The molecule has 0 radical (unpaired) electrons. The second-order valence-corrected chi connectivity index (χ2v) is 6.96. The minimum atomic E-state index is -0.390. The van der Waals surface area contributed by atoms with Crippen LogP contribution in [-0.4, -0.2) is 46.5 Å². The summed E-state index contributed by atoms with van der Waals surface area (Å²) in [6.45, 7) is 9.42. The Hall–Kier alpha value is -3.31. The first-order valence-electron chi connectivity index (χ1n) is 9.11. The fourth-order valence-electron chi connectivity index (χ4n) is 3.47. The van der Waals surface area contributed by atoms with Gasteiger partial charge in [-0.25, -0.2) is 4.98 Å². The Bertz CT molecular complexity index is 1100. The van der Waals surface area contributed by atoms with Gasteiger partial charge in [-0.05, 0) is 18.2 Å². The molecular weight excluding hydrogens is 386 g/mol. The molecule has 0 aromatic carbocycles. The van der Waals surface area contributed by atoms with Crippen molar-refractivity contribution in [1.82, 2.24) is 14.5 Å². The molecule has 7 nitrogen and oxygen atoms in total. The minimum absolute atomic E-state index is 0.0774. The molecule has 148 valence electrons. The fraction of sp³-hybridized carbons (Fsp3) is 0.238. The van der Waals surface area contributed by atoms with E-state index in [2.05, 4.69) is 36.8 Å². The maximum absolute atomic E-state index is 12.9. The lowest BCUT2D eigenvalue weighted by molar-refractivity contribution is -0.126. The lowest BCUT2D eigenvalue weighted by atomic mass is 10.1. The highest BCUT2D eigenvalue weighted by atomic mass is 32.1. The Labute approximate surface area is 174 Å². The zero-order chi connectivity index (χ0) is 21.0. The van der Waals surface area contributed by atoms with Gasteiger partial charge in [-0.2, -0.15) is 5.26 Å². The maximum Gasteiger partial charge on any atom is 0.272 e. The van der Waals surface area contributed by atoms with Crippen molar-refractivity contribution in [1.29, 1.82) is 5.26 Å². The Kier molecular flexibility index (Phi) is 6.20. The van der Waals surface area contributed by atoms with Gasteiger partial charge >= 0.3 is 0 Å². The average molecular weight is 407 g/mol. The number of thiol groups is 1. The molecule has 3 rings (SSSR count). The third kappa shape index (κ3) is 3.82. The second-order valence-electron chi connectivity index (χ2n) is 6.48. The summed E-state index contributed by atoms with van der Waals surface area (Å²) >= 11 is 4.21. The van der Waals surface area contributed by atoms with E-state index in [-0.39, 0.29) is 18.0 Å².